The molecule has 0 aliphatic carbocycles. The number of carbonyl (C=O) groups excluding carboxylic acids is 1. The van der Waals surface area contributed by atoms with Crippen LogP contribution >= 0.6 is 11.8 Å². The number of H-pyrrole nitrogens is 1. The van der Waals surface area contributed by atoms with Crippen molar-refractivity contribution in [3.8, 4) is 11.5 Å². The highest BCUT2D eigenvalue weighted by molar-refractivity contribution is 7.99. The predicted octanol–water partition coefficient (Wildman–Crippen LogP) is 4.72. The molecule has 148 valence electrons. The van der Waals surface area contributed by atoms with Crippen molar-refractivity contribution in [1.29, 1.82) is 0 Å². The van der Waals surface area contributed by atoms with E-state index in [1.807, 2.05) is 17.0 Å². The number of piperidine rings is 1. The van der Waals surface area contributed by atoms with Crippen molar-refractivity contribution < 1.29 is 9.21 Å². The number of likely N-dealkylation sites (tertiary alicyclic amines) is 1. The monoisotopic (exact) mass is 398 g/mol. The first-order chi connectivity index (χ1) is 13.6. The minimum atomic E-state index is 0.163. The maximum absolute atomic E-state index is 12.6. The lowest BCUT2D eigenvalue weighted by atomic mass is 10.0. The fourth-order valence-corrected chi connectivity index (χ4v) is 4.59. The normalized spacial score (nSPS) is 17.4. The van der Waals surface area contributed by atoms with Crippen molar-refractivity contribution in [2.24, 2.45) is 0 Å². The zero-order valence-corrected chi connectivity index (χ0v) is 17.4. The summed E-state index contributed by atoms with van der Waals surface area (Å²) in [5, 5.41) is 9.90. The Balaban J connectivity index is 1.44. The summed E-state index contributed by atoms with van der Waals surface area (Å²) in [7, 11) is 0. The molecule has 1 aromatic carbocycles. The Morgan fingerprint density at radius 3 is 3.00 bits per heavy atom. The van der Waals surface area contributed by atoms with Gasteiger partial charge in [-0.15, -0.1) is 10.2 Å². The van der Waals surface area contributed by atoms with Crippen LogP contribution < -0.4 is 0 Å². The van der Waals surface area contributed by atoms with Gasteiger partial charge in [-0.2, -0.15) is 0 Å². The number of thioether (sulfide) groups is 1. The van der Waals surface area contributed by atoms with Crippen molar-refractivity contribution in [3.63, 3.8) is 0 Å². The van der Waals surface area contributed by atoms with Gasteiger partial charge >= 0.3 is 0 Å². The lowest BCUT2D eigenvalue weighted by Crippen LogP contribution is -2.44. The number of hydrogen-bond donors (Lipinski definition) is 1. The summed E-state index contributed by atoms with van der Waals surface area (Å²) in [4.78, 5) is 18.0. The van der Waals surface area contributed by atoms with Gasteiger partial charge in [0.15, 0.2) is 0 Å². The minimum Gasteiger partial charge on any atom is -0.411 e. The second-order valence-corrected chi connectivity index (χ2v) is 8.37. The standard InChI is InChI=1S/C21H26N4O2S/c1-4-16-7-5-6-10-25(16)19(26)12-28-21-24-23-20(27-21)15-8-9-18-17(11-15)13(2)14(3)22-18/h8-9,11,16,22H,4-7,10,12H2,1-3H3/t16-/m0/s1. The molecule has 7 heteroatoms. The van der Waals surface area contributed by atoms with Crippen LogP contribution in [0.25, 0.3) is 22.4 Å². The van der Waals surface area contributed by atoms with Crippen LogP contribution in [-0.2, 0) is 4.79 Å². The number of hydrogen-bond acceptors (Lipinski definition) is 5. The molecule has 1 fully saturated rings. The van der Waals surface area contributed by atoms with Gasteiger partial charge in [0.05, 0.1) is 5.75 Å². The number of fused-ring (bicyclic) bond motifs is 1. The molecule has 0 spiro atoms. The van der Waals surface area contributed by atoms with Gasteiger partial charge in [0, 0.05) is 34.7 Å². The third-order valence-corrected chi connectivity index (χ3v) is 6.50. The minimum absolute atomic E-state index is 0.163. The molecular formula is C21H26N4O2S. The lowest BCUT2D eigenvalue weighted by molar-refractivity contribution is -0.132. The average molecular weight is 399 g/mol. The van der Waals surface area contributed by atoms with Crippen molar-refractivity contribution in [1.82, 2.24) is 20.1 Å². The van der Waals surface area contributed by atoms with Gasteiger partial charge in [0.1, 0.15) is 0 Å². The van der Waals surface area contributed by atoms with E-state index in [1.165, 1.54) is 23.7 Å². The highest BCUT2D eigenvalue weighted by atomic mass is 32.2. The summed E-state index contributed by atoms with van der Waals surface area (Å²) in [5.74, 6) is 0.989. The van der Waals surface area contributed by atoms with E-state index >= 15 is 0 Å². The third kappa shape index (κ3) is 3.68. The fourth-order valence-electron chi connectivity index (χ4n) is 3.94. The quantitative estimate of drug-likeness (QED) is 0.630. The Kier molecular flexibility index (Phi) is 5.44. The van der Waals surface area contributed by atoms with E-state index in [2.05, 4.69) is 42.0 Å². The van der Waals surface area contributed by atoms with Gasteiger partial charge < -0.3 is 14.3 Å². The molecule has 0 bridgehead atoms. The van der Waals surface area contributed by atoms with Crippen LogP contribution in [0.3, 0.4) is 0 Å². The van der Waals surface area contributed by atoms with Crippen LogP contribution in [0.1, 0.15) is 43.9 Å². The lowest BCUT2D eigenvalue weighted by Gasteiger charge is -2.35. The molecule has 1 aliphatic rings. The Morgan fingerprint density at radius 2 is 2.18 bits per heavy atom. The van der Waals surface area contributed by atoms with Gasteiger partial charge in [0.25, 0.3) is 5.22 Å². The Bertz CT molecular complexity index is 994. The third-order valence-electron chi connectivity index (χ3n) is 5.70. The molecule has 28 heavy (non-hydrogen) atoms. The summed E-state index contributed by atoms with van der Waals surface area (Å²) >= 11 is 1.32. The second kappa shape index (κ2) is 7.99. The van der Waals surface area contributed by atoms with Crippen LogP contribution in [0.4, 0.5) is 0 Å². The van der Waals surface area contributed by atoms with Gasteiger partial charge in [0.2, 0.25) is 11.8 Å². The maximum atomic E-state index is 12.6. The van der Waals surface area contributed by atoms with Gasteiger partial charge in [-0.25, -0.2) is 0 Å². The largest absolute Gasteiger partial charge is 0.411 e. The van der Waals surface area contributed by atoms with Crippen LogP contribution in [0.15, 0.2) is 27.8 Å². The number of rotatable bonds is 5. The summed E-state index contributed by atoms with van der Waals surface area (Å²) in [5.41, 5.74) is 4.38. The maximum Gasteiger partial charge on any atom is 0.277 e. The molecule has 1 amide bonds. The van der Waals surface area contributed by atoms with E-state index < -0.39 is 0 Å². The van der Waals surface area contributed by atoms with E-state index in [-0.39, 0.29) is 5.91 Å². The molecule has 0 saturated carbocycles. The van der Waals surface area contributed by atoms with Crippen LogP contribution in [0, 0.1) is 13.8 Å². The Labute approximate surface area is 169 Å². The van der Waals surface area contributed by atoms with E-state index in [1.54, 1.807) is 0 Å². The van der Waals surface area contributed by atoms with E-state index in [0.717, 1.165) is 48.0 Å². The van der Waals surface area contributed by atoms with Crippen LogP contribution in [0.2, 0.25) is 0 Å². The zero-order chi connectivity index (χ0) is 19.7. The summed E-state index contributed by atoms with van der Waals surface area (Å²) in [6.45, 7) is 7.18. The van der Waals surface area contributed by atoms with Crippen molar-refractivity contribution in [2.45, 2.75) is 57.7 Å². The predicted molar refractivity (Wildman–Crippen MR) is 111 cm³/mol. The molecule has 3 heterocycles. The number of aryl methyl sites for hydroxylation is 2. The molecule has 1 saturated heterocycles. The summed E-state index contributed by atoms with van der Waals surface area (Å²) in [6, 6.07) is 6.46. The van der Waals surface area contributed by atoms with Crippen LogP contribution in [-0.4, -0.2) is 44.3 Å². The van der Waals surface area contributed by atoms with E-state index in [0.29, 0.717) is 22.9 Å². The summed E-state index contributed by atoms with van der Waals surface area (Å²) in [6.07, 6.45) is 4.44. The van der Waals surface area contributed by atoms with E-state index in [9.17, 15) is 4.79 Å². The van der Waals surface area contributed by atoms with Crippen molar-refractivity contribution >= 4 is 28.6 Å². The van der Waals surface area contributed by atoms with Crippen molar-refractivity contribution in [3.05, 3.63) is 29.5 Å². The molecule has 2 aromatic heterocycles. The Hall–Kier alpha value is -2.28. The molecule has 0 radical (unpaired) electrons. The number of nitrogens with zero attached hydrogens (tertiary/aromatic N) is 3. The molecule has 1 N–H and O–H groups in total. The number of benzene rings is 1. The Morgan fingerprint density at radius 1 is 1.32 bits per heavy atom. The number of aromatic amines is 1. The van der Waals surface area contributed by atoms with Crippen molar-refractivity contribution in [2.75, 3.05) is 12.3 Å². The smallest absolute Gasteiger partial charge is 0.277 e. The molecule has 1 aliphatic heterocycles. The fraction of sp³-hybridized carbons (Fsp3) is 0.476. The molecule has 4 rings (SSSR count). The SMILES string of the molecule is CC[C@H]1CCCCN1C(=O)CSc1nnc(-c2ccc3[nH]c(C)c(C)c3c2)o1. The number of carbonyl (C=O) groups is 1. The van der Waals surface area contributed by atoms with Crippen LogP contribution in [0.5, 0.6) is 0 Å². The zero-order valence-electron chi connectivity index (χ0n) is 16.6. The average Bonchev–Trinajstić information content (AvgIpc) is 3.30. The number of amides is 1. The number of aromatic nitrogens is 3. The molecule has 6 nitrogen and oxygen atoms in total. The highest BCUT2D eigenvalue weighted by Crippen LogP contribution is 2.29. The highest BCUT2D eigenvalue weighted by Gasteiger charge is 2.25. The first-order valence-corrected chi connectivity index (χ1v) is 10.9. The first kappa shape index (κ1) is 19.1. The van der Waals surface area contributed by atoms with E-state index in [4.69, 9.17) is 4.42 Å². The molecule has 3 aromatic rings. The van der Waals surface area contributed by atoms with Gasteiger partial charge in [-0.3, -0.25) is 4.79 Å². The molecule has 0 unspecified atom stereocenters. The van der Waals surface area contributed by atoms with Gasteiger partial charge in [-0.05, 0) is 63.3 Å². The molecule has 1 atom stereocenters. The summed E-state index contributed by atoms with van der Waals surface area (Å²) < 4.78 is 5.82. The second-order valence-electron chi connectivity index (χ2n) is 7.44. The number of nitrogens with one attached hydrogen (secondary N) is 1. The molecular weight excluding hydrogens is 372 g/mol. The topological polar surface area (TPSA) is 75.0 Å². The first-order valence-electron chi connectivity index (χ1n) is 9.92. The van der Waals surface area contributed by atoms with Gasteiger partial charge in [-0.1, -0.05) is 18.7 Å².